The minimum atomic E-state index is -4.43. The van der Waals surface area contributed by atoms with E-state index in [1.54, 1.807) is 0 Å². The van der Waals surface area contributed by atoms with E-state index in [2.05, 4.69) is 14.9 Å². The predicted octanol–water partition coefficient (Wildman–Crippen LogP) is 0.847. The molecule has 1 fully saturated rings. The fourth-order valence-corrected chi connectivity index (χ4v) is 1.19. The smallest absolute Gasteiger partial charge is 0.422 e. The van der Waals surface area contributed by atoms with Crippen molar-refractivity contribution in [3.05, 3.63) is 10.5 Å². The summed E-state index contributed by atoms with van der Waals surface area (Å²) in [6.07, 6.45) is -2.90. The van der Waals surface area contributed by atoms with Crippen LogP contribution in [0.4, 0.5) is 13.2 Å². The molecule has 8 heteroatoms. The number of alkyl halides is 3. The fourth-order valence-electron chi connectivity index (χ4n) is 1.19. The highest BCUT2D eigenvalue weighted by Crippen LogP contribution is 2.35. The third-order valence-electron chi connectivity index (χ3n) is 1.95. The van der Waals surface area contributed by atoms with E-state index in [1.807, 2.05) is 0 Å². The van der Waals surface area contributed by atoms with Crippen molar-refractivity contribution in [1.82, 2.24) is 14.8 Å². The summed E-state index contributed by atoms with van der Waals surface area (Å²) in [5, 5.41) is 5.44. The SMILES string of the molecule is O=c1[nH]nc(OCC(F)(F)F)n1C1CC1. The van der Waals surface area contributed by atoms with Crippen LogP contribution in [-0.4, -0.2) is 27.5 Å². The number of hydrogen-bond acceptors (Lipinski definition) is 3. The number of aromatic nitrogens is 3. The lowest BCUT2D eigenvalue weighted by Crippen LogP contribution is -2.22. The molecule has 0 amide bonds. The van der Waals surface area contributed by atoms with Crippen molar-refractivity contribution in [2.75, 3.05) is 6.61 Å². The normalized spacial score (nSPS) is 16.7. The van der Waals surface area contributed by atoms with Gasteiger partial charge in [-0.15, -0.1) is 5.10 Å². The first kappa shape index (κ1) is 10.1. The molecule has 15 heavy (non-hydrogen) atoms. The van der Waals surface area contributed by atoms with Crippen LogP contribution in [0.3, 0.4) is 0 Å². The molecule has 0 bridgehead atoms. The molecule has 0 radical (unpaired) electrons. The summed E-state index contributed by atoms with van der Waals surface area (Å²) in [6, 6.07) is -0.362. The first-order valence-corrected chi connectivity index (χ1v) is 4.34. The Morgan fingerprint density at radius 1 is 1.53 bits per heavy atom. The van der Waals surface area contributed by atoms with Gasteiger partial charge in [-0.05, 0) is 12.8 Å². The van der Waals surface area contributed by atoms with Gasteiger partial charge in [-0.2, -0.15) is 13.2 Å². The lowest BCUT2D eigenvalue weighted by Gasteiger charge is -2.08. The molecular weight excluding hydrogens is 215 g/mol. The number of nitrogens with zero attached hydrogens (tertiary/aromatic N) is 2. The number of halogens is 3. The first-order chi connectivity index (χ1) is 6.97. The number of H-pyrrole nitrogens is 1. The van der Waals surface area contributed by atoms with Crippen LogP contribution in [0.15, 0.2) is 4.79 Å². The molecule has 2 rings (SSSR count). The van der Waals surface area contributed by atoms with Crippen molar-refractivity contribution in [1.29, 1.82) is 0 Å². The maximum absolute atomic E-state index is 11.8. The molecule has 1 aromatic heterocycles. The van der Waals surface area contributed by atoms with Crippen LogP contribution in [0, 0.1) is 0 Å². The van der Waals surface area contributed by atoms with Gasteiger partial charge in [0.25, 0.3) is 0 Å². The summed E-state index contributed by atoms with van der Waals surface area (Å²) in [6.45, 7) is -1.44. The first-order valence-electron chi connectivity index (χ1n) is 4.34. The van der Waals surface area contributed by atoms with Crippen LogP contribution in [0.2, 0.25) is 0 Å². The molecule has 1 aliphatic carbocycles. The zero-order chi connectivity index (χ0) is 11.1. The van der Waals surface area contributed by atoms with E-state index in [-0.39, 0.29) is 12.1 Å². The molecule has 1 heterocycles. The molecule has 1 N–H and O–H groups in total. The van der Waals surface area contributed by atoms with Crippen LogP contribution >= 0.6 is 0 Å². The van der Waals surface area contributed by atoms with Gasteiger partial charge in [0.1, 0.15) is 0 Å². The van der Waals surface area contributed by atoms with Crippen LogP contribution < -0.4 is 10.4 Å². The van der Waals surface area contributed by atoms with Gasteiger partial charge in [-0.25, -0.2) is 14.5 Å². The number of aromatic amines is 1. The van der Waals surface area contributed by atoms with Crippen molar-refractivity contribution in [2.45, 2.75) is 25.1 Å². The van der Waals surface area contributed by atoms with Crippen LogP contribution in [0.25, 0.3) is 0 Å². The Morgan fingerprint density at radius 2 is 2.20 bits per heavy atom. The predicted molar refractivity (Wildman–Crippen MR) is 42.7 cm³/mol. The van der Waals surface area contributed by atoms with E-state index >= 15 is 0 Å². The number of rotatable bonds is 3. The summed E-state index contributed by atoms with van der Waals surface area (Å²) < 4.78 is 41.1. The van der Waals surface area contributed by atoms with Crippen LogP contribution in [-0.2, 0) is 0 Å². The molecule has 1 aliphatic rings. The second kappa shape index (κ2) is 3.28. The Bertz CT molecular complexity index is 404. The number of nitrogens with one attached hydrogen (secondary N) is 1. The average molecular weight is 223 g/mol. The van der Waals surface area contributed by atoms with E-state index in [9.17, 15) is 18.0 Å². The maximum Gasteiger partial charge on any atom is 0.422 e. The monoisotopic (exact) mass is 223 g/mol. The minimum absolute atomic E-state index is 0.0699. The molecule has 0 atom stereocenters. The van der Waals surface area contributed by atoms with Gasteiger partial charge in [-0.3, -0.25) is 0 Å². The second-order valence-corrected chi connectivity index (χ2v) is 3.32. The van der Waals surface area contributed by atoms with Crippen molar-refractivity contribution in [3.63, 3.8) is 0 Å². The Hall–Kier alpha value is -1.47. The molecule has 0 aliphatic heterocycles. The highest BCUT2D eigenvalue weighted by atomic mass is 19.4. The third kappa shape index (κ3) is 2.31. The zero-order valence-electron chi connectivity index (χ0n) is 7.54. The minimum Gasteiger partial charge on any atom is -0.454 e. The Kier molecular flexibility index (Phi) is 2.20. The van der Waals surface area contributed by atoms with Crippen LogP contribution in [0.5, 0.6) is 6.01 Å². The summed E-state index contributed by atoms with van der Waals surface area (Å²) >= 11 is 0. The van der Waals surface area contributed by atoms with Crippen molar-refractivity contribution in [3.8, 4) is 6.01 Å². The average Bonchev–Trinajstić information content (AvgIpc) is 2.87. The van der Waals surface area contributed by atoms with Gasteiger partial charge in [0.05, 0.1) is 0 Å². The van der Waals surface area contributed by atoms with Gasteiger partial charge >= 0.3 is 17.9 Å². The topological polar surface area (TPSA) is 59.9 Å². The van der Waals surface area contributed by atoms with Crippen molar-refractivity contribution >= 4 is 0 Å². The molecule has 0 saturated heterocycles. The maximum atomic E-state index is 11.8. The van der Waals surface area contributed by atoms with Gasteiger partial charge in [0, 0.05) is 6.04 Å². The summed E-state index contributed by atoms with van der Waals surface area (Å²) in [5.74, 6) is 0. The fraction of sp³-hybridized carbons (Fsp3) is 0.714. The molecule has 5 nitrogen and oxygen atoms in total. The Morgan fingerprint density at radius 3 is 2.73 bits per heavy atom. The lowest BCUT2D eigenvalue weighted by atomic mass is 10.6. The van der Waals surface area contributed by atoms with E-state index in [0.29, 0.717) is 0 Å². The number of hydrogen-bond donors (Lipinski definition) is 1. The number of ether oxygens (including phenoxy) is 1. The van der Waals surface area contributed by atoms with Gasteiger partial charge in [-0.1, -0.05) is 0 Å². The molecule has 1 aromatic rings. The zero-order valence-corrected chi connectivity index (χ0v) is 7.54. The molecule has 0 aromatic carbocycles. The Labute approximate surface area is 81.8 Å². The summed E-state index contributed by atoms with van der Waals surface area (Å²) in [4.78, 5) is 11.1. The van der Waals surface area contributed by atoms with Gasteiger partial charge < -0.3 is 4.74 Å². The van der Waals surface area contributed by atoms with Crippen molar-refractivity contribution < 1.29 is 17.9 Å². The second-order valence-electron chi connectivity index (χ2n) is 3.32. The summed E-state index contributed by atoms with van der Waals surface area (Å²) in [5.41, 5.74) is -0.533. The summed E-state index contributed by atoms with van der Waals surface area (Å²) in [7, 11) is 0. The highest BCUT2D eigenvalue weighted by Gasteiger charge is 2.33. The van der Waals surface area contributed by atoms with Gasteiger partial charge in [0.2, 0.25) is 0 Å². The van der Waals surface area contributed by atoms with E-state index in [1.165, 1.54) is 0 Å². The van der Waals surface area contributed by atoms with Crippen LogP contribution in [0.1, 0.15) is 18.9 Å². The molecule has 0 spiro atoms. The third-order valence-corrected chi connectivity index (χ3v) is 1.95. The lowest BCUT2D eigenvalue weighted by molar-refractivity contribution is -0.155. The molecule has 0 unspecified atom stereocenters. The quantitative estimate of drug-likeness (QED) is 0.826. The van der Waals surface area contributed by atoms with E-state index in [0.717, 1.165) is 17.4 Å². The molecule has 1 saturated carbocycles. The molecular formula is C7H8F3N3O2. The molecule has 84 valence electrons. The standard InChI is InChI=1S/C7H8F3N3O2/c8-7(9,10)3-15-6-12-11-5(14)13(6)4-1-2-4/h4H,1-3H2,(H,11,14). The van der Waals surface area contributed by atoms with E-state index in [4.69, 9.17) is 0 Å². The van der Waals surface area contributed by atoms with Gasteiger partial charge in [0.15, 0.2) is 6.61 Å². The highest BCUT2D eigenvalue weighted by molar-refractivity contribution is 5.00. The Balaban J connectivity index is 2.11. The van der Waals surface area contributed by atoms with E-state index < -0.39 is 18.5 Å². The van der Waals surface area contributed by atoms with Crippen molar-refractivity contribution in [2.24, 2.45) is 0 Å². The largest absolute Gasteiger partial charge is 0.454 e.